The van der Waals surface area contributed by atoms with Gasteiger partial charge in [0.2, 0.25) is 0 Å². The predicted molar refractivity (Wildman–Crippen MR) is 120 cm³/mol. The molecule has 160 valence electrons. The molecule has 0 aromatic rings. The van der Waals surface area contributed by atoms with Crippen molar-refractivity contribution < 1.29 is 14.0 Å². The molecule has 0 spiro atoms. The Morgan fingerprint density at radius 1 is 1.43 bits per heavy atom. The molecule has 0 aliphatic carbocycles. The van der Waals surface area contributed by atoms with Crippen LogP contribution in [0.3, 0.4) is 0 Å². The van der Waals surface area contributed by atoms with Crippen LogP contribution >= 0.6 is 0 Å². The smallest absolute Gasteiger partial charge is 0.318 e. The minimum absolute atomic E-state index is 0.0554. The molecule has 0 fully saturated rings. The highest BCUT2D eigenvalue weighted by Gasteiger charge is 2.45. The lowest BCUT2D eigenvalue weighted by Gasteiger charge is -2.43. The lowest BCUT2D eigenvalue weighted by molar-refractivity contribution is -0.00323. The molecule has 6 heteroatoms. The van der Waals surface area contributed by atoms with Gasteiger partial charge in [0, 0.05) is 20.2 Å². The Hall–Kier alpha value is -1.37. The van der Waals surface area contributed by atoms with Gasteiger partial charge in [-0.25, -0.2) is 4.79 Å². The van der Waals surface area contributed by atoms with E-state index in [4.69, 9.17) is 9.16 Å². The Morgan fingerprint density at radius 3 is 2.57 bits per heavy atom. The average Bonchev–Trinajstić information content (AvgIpc) is 2.99. The lowest BCUT2D eigenvalue weighted by atomic mass is 10.0. The number of carbonyl (C=O) groups excluding carboxylic acids is 1. The van der Waals surface area contributed by atoms with E-state index in [2.05, 4.69) is 65.3 Å². The second-order valence-electron chi connectivity index (χ2n) is 9.07. The Labute approximate surface area is 173 Å². The van der Waals surface area contributed by atoms with Gasteiger partial charge in [-0.1, -0.05) is 44.6 Å². The van der Waals surface area contributed by atoms with E-state index in [9.17, 15) is 4.79 Å². The van der Waals surface area contributed by atoms with Gasteiger partial charge in [-0.2, -0.15) is 0 Å². The van der Waals surface area contributed by atoms with Crippen LogP contribution in [-0.4, -0.2) is 57.7 Å². The number of urea groups is 1. The number of ether oxygens (including phenoxy) is 1. The van der Waals surface area contributed by atoms with Crippen molar-refractivity contribution in [3.05, 3.63) is 37.0 Å². The molecule has 0 saturated heterocycles. The van der Waals surface area contributed by atoms with Crippen LogP contribution in [0, 0.1) is 0 Å². The molecule has 0 radical (unpaired) electrons. The maximum Gasteiger partial charge on any atom is 0.318 e. The van der Waals surface area contributed by atoms with E-state index in [1.807, 2.05) is 11.0 Å². The van der Waals surface area contributed by atoms with Crippen LogP contribution in [0.15, 0.2) is 37.0 Å². The van der Waals surface area contributed by atoms with Crippen LogP contribution in [0.25, 0.3) is 0 Å². The quantitative estimate of drug-likeness (QED) is 0.318. The SMILES string of the molecule is C=CCCCNC(=O)N1CC(C)=C[C@@H]1[C@H](O[Si](C)(C)C(C)(C)C)[C@H](C=C)OC. The molecule has 1 aliphatic rings. The molecule has 5 nitrogen and oxygen atoms in total. The Balaban J connectivity index is 3.09. The van der Waals surface area contributed by atoms with Crippen molar-refractivity contribution in [1.82, 2.24) is 10.2 Å². The number of unbranched alkanes of at least 4 members (excludes halogenated alkanes) is 1. The maximum absolute atomic E-state index is 12.9. The van der Waals surface area contributed by atoms with Gasteiger partial charge in [-0.05, 0) is 37.9 Å². The van der Waals surface area contributed by atoms with Gasteiger partial charge >= 0.3 is 6.03 Å². The minimum atomic E-state index is -2.08. The highest BCUT2D eigenvalue weighted by molar-refractivity contribution is 6.74. The van der Waals surface area contributed by atoms with Crippen LogP contribution in [-0.2, 0) is 9.16 Å². The van der Waals surface area contributed by atoms with E-state index in [-0.39, 0.29) is 29.3 Å². The summed E-state index contributed by atoms with van der Waals surface area (Å²) >= 11 is 0. The second-order valence-corrected chi connectivity index (χ2v) is 13.8. The second kappa shape index (κ2) is 10.4. The van der Waals surface area contributed by atoms with Crippen LogP contribution in [0.4, 0.5) is 4.79 Å². The molecule has 0 aromatic heterocycles. The summed E-state index contributed by atoms with van der Waals surface area (Å²) in [5.74, 6) is 0. The summed E-state index contributed by atoms with van der Waals surface area (Å²) in [5.41, 5.74) is 1.16. The number of nitrogens with one attached hydrogen (secondary N) is 1. The van der Waals surface area contributed by atoms with E-state index in [0.29, 0.717) is 13.1 Å². The van der Waals surface area contributed by atoms with E-state index in [0.717, 1.165) is 18.4 Å². The van der Waals surface area contributed by atoms with Crippen molar-refractivity contribution in [2.75, 3.05) is 20.2 Å². The summed E-state index contributed by atoms with van der Waals surface area (Å²) in [6, 6.07) is -0.249. The van der Waals surface area contributed by atoms with Gasteiger partial charge in [0.1, 0.15) is 6.10 Å². The fourth-order valence-corrected chi connectivity index (χ4v) is 4.35. The first-order valence-corrected chi connectivity index (χ1v) is 13.0. The Morgan fingerprint density at radius 2 is 2.07 bits per heavy atom. The van der Waals surface area contributed by atoms with Crippen LogP contribution in [0.1, 0.15) is 40.5 Å². The molecule has 0 unspecified atom stereocenters. The number of hydrogen-bond acceptors (Lipinski definition) is 3. The van der Waals surface area contributed by atoms with Gasteiger partial charge in [-0.3, -0.25) is 0 Å². The molecule has 1 heterocycles. The molecule has 0 saturated carbocycles. The van der Waals surface area contributed by atoms with Crippen molar-refractivity contribution in [3.8, 4) is 0 Å². The third-order valence-corrected chi connectivity index (χ3v) is 10.2. The summed E-state index contributed by atoms with van der Waals surface area (Å²) in [5, 5.41) is 3.08. The normalized spacial score (nSPS) is 19.8. The Bertz CT molecular complexity index is 581. The van der Waals surface area contributed by atoms with Crippen LogP contribution in [0.5, 0.6) is 0 Å². The van der Waals surface area contributed by atoms with E-state index in [1.54, 1.807) is 13.2 Å². The van der Waals surface area contributed by atoms with E-state index < -0.39 is 8.32 Å². The molecule has 28 heavy (non-hydrogen) atoms. The number of rotatable bonds is 10. The van der Waals surface area contributed by atoms with Crippen LogP contribution < -0.4 is 5.32 Å². The fourth-order valence-electron chi connectivity index (χ4n) is 3.04. The zero-order valence-corrected chi connectivity index (χ0v) is 19.9. The summed E-state index contributed by atoms with van der Waals surface area (Å²) in [6.07, 6.45) is 6.97. The van der Waals surface area contributed by atoms with Gasteiger partial charge in [-0.15, -0.1) is 13.2 Å². The summed E-state index contributed by atoms with van der Waals surface area (Å²) in [4.78, 5) is 14.7. The first-order valence-electron chi connectivity index (χ1n) is 10.1. The molecule has 1 N–H and O–H groups in total. The van der Waals surface area contributed by atoms with Crippen molar-refractivity contribution >= 4 is 14.3 Å². The summed E-state index contributed by atoms with van der Waals surface area (Å²) < 4.78 is 12.5. The summed E-state index contributed by atoms with van der Waals surface area (Å²) in [7, 11) is -0.414. The number of amides is 2. The highest BCUT2D eigenvalue weighted by atomic mass is 28.4. The molecular formula is C22H40N2O3Si. The van der Waals surface area contributed by atoms with E-state index >= 15 is 0 Å². The third-order valence-electron chi connectivity index (χ3n) is 5.76. The van der Waals surface area contributed by atoms with Gasteiger partial charge in [0.25, 0.3) is 0 Å². The first kappa shape index (κ1) is 24.7. The van der Waals surface area contributed by atoms with Crippen molar-refractivity contribution in [2.24, 2.45) is 0 Å². The predicted octanol–water partition coefficient (Wildman–Crippen LogP) is 4.88. The largest absolute Gasteiger partial charge is 0.408 e. The topological polar surface area (TPSA) is 50.8 Å². The number of methoxy groups -OCH3 is 1. The van der Waals surface area contributed by atoms with E-state index in [1.165, 1.54) is 0 Å². The number of nitrogens with zero attached hydrogens (tertiary/aromatic N) is 1. The molecule has 1 aliphatic heterocycles. The number of carbonyl (C=O) groups is 1. The molecule has 3 atom stereocenters. The van der Waals surface area contributed by atoms with Crippen molar-refractivity contribution in [1.29, 1.82) is 0 Å². The highest BCUT2D eigenvalue weighted by Crippen LogP contribution is 2.39. The fraction of sp³-hybridized carbons (Fsp3) is 0.682. The standard InChI is InChI=1S/C22H40N2O3Si/c1-10-12-13-14-23-21(25)24-16-17(3)15-18(24)20(19(11-2)26-7)27-28(8,9)22(4,5)6/h10-11,15,18-20H,1-2,12-14,16H2,3-9H3,(H,23,25)/t18-,19+,20+/m1/s1. The molecule has 0 bridgehead atoms. The molecule has 2 amide bonds. The monoisotopic (exact) mass is 408 g/mol. The number of hydrogen-bond donors (Lipinski definition) is 1. The zero-order chi connectivity index (χ0) is 21.5. The summed E-state index contributed by atoms with van der Waals surface area (Å²) in [6.45, 7) is 22.0. The van der Waals surface area contributed by atoms with Crippen molar-refractivity contribution in [3.63, 3.8) is 0 Å². The van der Waals surface area contributed by atoms with Gasteiger partial charge < -0.3 is 19.4 Å². The average molecular weight is 409 g/mol. The van der Waals surface area contributed by atoms with Gasteiger partial charge in [0.05, 0.1) is 12.1 Å². The third kappa shape index (κ3) is 6.32. The lowest BCUT2D eigenvalue weighted by Crippen LogP contribution is -2.56. The number of allylic oxidation sites excluding steroid dienone is 1. The minimum Gasteiger partial charge on any atom is -0.408 e. The van der Waals surface area contributed by atoms with Gasteiger partial charge in [0.15, 0.2) is 8.32 Å². The van der Waals surface area contributed by atoms with Crippen LogP contribution in [0.2, 0.25) is 18.1 Å². The zero-order valence-electron chi connectivity index (χ0n) is 18.9. The molecule has 1 rings (SSSR count). The maximum atomic E-state index is 12.9. The first-order chi connectivity index (χ1) is 13.0. The van der Waals surface area contributed by atoms with Crippen molar-refractivity contribution in [2.45, 2.75) is 76.9 Å². The Kier molecular flexibility index (Phi) is 9.18. The molecule has 0 aromatic carbocycles. The molecular weight excluding hydrogens is 368 g/mol.